The van der Waals surface area contributed by atoms with E-state index in [0.29, 0.717) is 13.0 Å². The van der Waals surface area contributed by atoms with Crippen molar-refractivity contribution < 1.29 is 19.0 Å². The highest BCUT2D eigenvalue weighted by molar-refractivity contribution is 7.18. The van der Waals surface area contributed by atoms with Crippen molar-refractivity contribution in [2.24, 2.45) is 5.73 Å². The number of Topliss-reactive ketones (excluding diaryl/α,β-unsaturated/α-hetero) is 1. The number of aliphatic hydroxyl groups excluding tert-OH is 1. The molecule has 1 aliphatic rings. The number of nitrogens with two attached hydrogens (primary N) is 1. The van der Waals surface area contributed by atoms with Gasteiger partial charge in [0.15, 0.2) is 11.6 Å². The maximum atomic E-state index is 14.6. The molecule has 0 amide bonds. The number of carbonyl (C=O) groups excluding carboxylic acids is 1. The third-order valence-corrected chi connectivity index (χ3v) is 7.32. The molecule has 186 valence electrons. The number of benzene rings is 2. The van der Waals surface area contributed by atoms with Crippen LogP contribution < -0.4 is 15.4 Å². The Morgan fingerprint density at radius 3 is 2.89 bits per heavy atom. The Morgan fingerprint density at radius 2 is 2.11 bits per heavy atom. The zero-order chi connectivity index (χ0) is 25.4. The third-order valence-electron chi connectivity index (χ3n) is 6.38. The number of thiazole rings is 1. The number of hydrogen-bond donors (Lipinski definition) is 2. The summed E-state index contributed by atoms with van der Waals surface area (Å²) in [4.78, 5) is 28.8. The summed E-state index contributed by atoms with van der Waals surface area (Å²) >= 11 is 1.58. The summed E-state index contributed by atoms with van der Waals surface area (Å²) in [6.45, 7) is 2.46. The molecule has 3 N–H and O–H groups in total. The van der Waals surface area contributed by atoms with Crippen LogP contribution in [0, 0.1) is 12.7 Å². The number of fused-ring (bicyclic) bond motifs is 1. The topological polar surface area (TPSA) is 114 Å². The fraction of sp³-hybridized carbons (Fsp3) is 0.308. The van der Waals surface area contributed by atoms with Gasteiger partial charge in [0.1, 0.15) is 22.8 Å². The minimum absolute atomic E-state index is 0.0413. The largest absolute Gasteiger partial charge is 0.496 e. The highest BCUT2D eigenvalue weighted by Gasteiger charge is 2.33. The van der Waals surface area contributed by atoms with E-state index in [4.69, 9.17) is 15.5 Å². The molecule has 5 rings (SSSR count). The first-order valence-corrected chi connectivity index (χ1v) is 12.4. The van der Waals surface area contributed by atoms with Gasteiger partial charge in [-0.25, -0.2) is 19.3 Å². The Balaban J connectivity index is 1.53. The van der Waals surface area contributed by atoms with Crippen LogP contribution in [0.1, 0.15) is 27.5 Å². The standard InChI is InChI=1S/C26H26FN5O3S/c1-14-30-24-22(36-14)7-6-15(25(24)32-12-16(28)11-17(32)13-33)10-20(34)19-8-9-29-26(31-19)23-18(27)4-3-5-21(23)35-2/h3-9,16-17,33H,10-13,28H2,1-2H3/t16-,17-/m0/s1. The van der Waals surface area contributed by atoms with Crippen LogP contribution in [0.3, 0.4) is 0 Å². The van der Waals surface area contributed by atoms with Crippen molar-refractivity contribution >= 4 is 33.0 Å². The molecule has 2 aromatic carbocycles. The fourth-order valence-corrected chi connectivity index (χ4v) is 5.62. The number of halogens is 1. The second kappa shape index (κ2) is 9.88. The molecule has 0 saturated carbocycles. The molecule has 1 fully saturated rings. The average molecular weight is 508 g/mol. The van der Waals surface area contributed by atoms with Crippen LogP contribution in [0.2, 0.25) is 0 Å². The van der Waals surface area contributed by atoms with Gasteiger partial charge in [-0.15, -0.1) is 11.3 Å². The molecule has 0 bridgehead atoms. The summed E-state index contributed by atoms with van der Waals surface area (Å²) in [5.41, 5.74) is 8.90. The molecule has 1 aliphatic heterocycles. The molecule has 8 nitrogen and oxygen atoms in total. The minimum atomic E-state index is -0.536. The van der Waals surface area contributed by atoms with Crippen molar-refractivity contribution in [1.29, 1.82) is 0 Å². The molecule has 3 heterocycles. The van der Waals surface area contributed by atoms with E-state index in [9.17, 15) is 14.3 Å². The number of methoxy groups -OCH3 is 1. The lowest BCUT2D eigenvalue weighted by Crippen LogP contribution is -2.34. The molecule has 0 aliphatic carbocycles. The number of ether oxygens (including phenoxy) is 1. The first-order valence-electron chi connectivity index (χ1n) is 11.6. The van der Waals surface area contributed by atoms with Crippen LogP contribution in [0.25, 0.3) is 21.6 Å². The Bertz CT molecular complexity index is 1440. The van der Waals surface area contributed by atoms with E-state index in [1.165, 1.54) is 31.5 Å². The molecule has 0 unspecified atom stereocenters. The number of hydrogen-bond acceptors (Lipinski definition) is 9. The maximum Gasteiger partial charge on any atom is 0.185 e. The summed E-state index contributed by atoms with van der Waals surface area (Å²) in [6.07, 6.45) is 2.15. The lowest BCUT2D eigenvalue weighted by molar-refractivity contribution is 0.0988. The van der Waals surface area contributed by atoms with Gasteiger partial charge in [-0.3, -0.25) is 4.79 Å². The van der Waals surface area contributed by atoms with E-state index in [-0.39, 0.29) is 53.7 Å². The van der Waals surface area contributed by atoms with Crippen molar-refractivity contribution in [3.05, 3.63) is 64.7 Å². The second-order valence-electron chi connectivity index (χ2n) is 8.82. The molecule has 1 saturated heterocycles. The van der Waals surface area contributed by atoms with Crippen LogP contribution in [0.5, 0.6) is 5.75 Å². The lowest BCUT2D eigenvalue weighted by Gasteiger charge is -2.28. The van der Waals surface area contributed by atoms with E-state index >= 15 is 0 Å². The van der Waals surface area contributed by atoms with Gasteiger partial charge in [0.2, 0.25) is 0 Å². The molecule has 4 aromatic rings. The Labute approximate surface area is 211 Å². The zero-order valence-electron chi connectivity index (χ0n) is 19.9. The first kappa shape index (κ1) is 24.2. The van der Waals surface area contributed by atoms with E-state index < -0.39 is 5.82 Å². The van der Waals surface area contributed by atoms with Crippen molar-refractivity contribution in [1.82, 2.24) is 15.0 Å². The van der Waals surface area contributed by atoms with E-state index in [1.54, 1.807) is 17.4 Å². The van der Waals surface area contributed by atoms with Gasteiger partial charge in [-0.2, -0.15) is 0 Å². The predicted octanol–water partition coefficient (Wildman–Crippen LogP) is 3.53. The predicted molar refractivity (Wildman–Crippen MR) is 137 cm³/mol. The number of anilines is 1. The highest BCUT2D eigenvalue weighted by atomic mass is 32.1. The fourth-order valence-electron chi connectivity index (χ4n) is 4.79. The second-order valence-corrected chi connectivity index (χ2v) is 10.1. The third kappa shape index (κ3) is 4.43. The minimum Gasteiger partial charge on any atom is -0.496 e. The molecule has 2 atom stereocenters. The molecule has 0 spiro atoms. The summed E-state index contributed by atoms with van der Waals surface area (Å²) in [5.74, 6) is -0.421. The number of carbonyl (C=O) groups is 1. The molecule has 10 heteroatoms. The Kier molecular flexibility index (Phi) is 6.65. The molecular weight excluding hydrogens is 481 g/mol. The van der Waals surface area contributed by atoms with Crippen LogP contribution in [-0.2, 0) is 6.42 Å². The van der Waals surface area contributed by atoms with Gasteiger partial charge in [0.25, 0.3) is 0 Å². The molecule has 2 aromatic heterocycles. The number of aromatic nitrogens is 3. The van der Waals surface area contributed by atoms with Gasteiger partial charge < -0.3 is 20.5 Å². The smallest absolute Gasteiger partial charge is 0.185 e. The lowest BCUT2D eigenvalue weighted by atomic mass is 10.0. The first-order chi connectivity index (χ1) is 17.4. The molecular formula is C26H26FN5O3S. The molecule has 36 heavy (non-hydrogen) atoms. The van der Waals surface area contributed by atoms with Crippen molar-refractivity contribution in [2.75, 3.05) is 25.2 Å². The number of aryl methyl sites for hydroxylation is 1. The number of aliphatic hydroxyl groups is 1. The van der Waals surface area contributed by atoms with Gasteiger partial charge in [0, 0.05) is 25.2 Å². The SMILES string of the molecule is COc1cccc(F)c1-c1nccc(C(=O)Cc2ccc3sc(C)nc3c2N2C[C@@H](N)C[C@H]2CO)n1. The highest BCUT2D eigenvalue weighted by Crippen LogP contribution is 2.38. The number of ketones is 1. The van der Waals surface area contributed by atoms with E-state index in [2.05, 4.69) is 14.9 Å². The van der Waals surface area contributed by atoms with Crippen LogP contribution in [0.15, 0.2) is 42.6 Å². The van der Waals surface area contributed by atoms with E-state index in [1.807, 2.05) is 19.1 Å². The normalized spacial score (nSPS) is 17.6. The maximum absolute atomic E-state index is 14.6. The summed E-state index contributed by atoms with van der Waals surface area (Å²) in [6, 6.07) is 9.62. The van der Waals surface area contributed by atoms with Gasteiger partial charge >= 0.3 is 0 Å². The molecule has 0 radical (unpaired) electrons. The van der Waals surface area contributed by atoms with Crippen LogP contribution >= 0.6 is 11.3 Å². The Hall–Kier alpha value is -3.47. The van der Waals surface area contributed by atoms with Gasteiger partial charge in [-0.1, -0.05) is 12.1 Å². The number of rotatable bonds is 7. The van der Waals surface area contributed by atoms with Gasteiger partial charge in [-0.05, 0) is 43.2 Å². The van der Waals surface area contributed by atoms with Crippen molar-refractivity contribution in [3.8, 4) is 17.1 Å². The average Bonchev–Trinajstić information content (AvgIpc) is 3.44. The van der Waals surface area contributed by atoms with Gasteiger partial charge in [0.05, 0.1) is 40.7 Å². The summed E-state index contributed by atoms with van der Waals surface area (Å²) < 4.78 is 20.9. The van der Waals surface area contributed by atoms with Crippen molar-refractivity contribution in [2.45, 2.75) is 31.8 Å². The van der Waals surface area contributed by atoms with Crippen LogP contribution in [-0.4, -0.2) is 58.2 Å². The Morgan fingerprint density at radius 1 is 1.28 bits per heavy atom. The quantitative estimate of drug-likeness (QED) is 0.365. The number of nitrogens with zero attached hydrogens (tertiary/aromatic N) is 4. The monoisotopic (exact) mass is 507 g/mol. The van der Waals surface area contributed by atoms with E-state index in [0.717, 1.165) is 26.5 Å². The summed E-state index contributed by atoms with van der Waals surface area (Å²) in [7, 11) is 1.44. The van der Waals surface area contributed by atoms with Crippen molar-refractivity contribution in [3.63, 3.8) is 0 Å². The zero-order valence-corrected chi connectivity index (χ0v) is 20.8. The van der Waals surface area contributed by atoms with Crippen LogP contribution in [0.4, 0.5) is 10.1 Å². The summed E-state index contributed by atoms with van der Waals surface area (Å²) in [5, 5.41) is 10.9.